The fraction of sp³-hybridized carbons (Fsp3) is 0.800. The molecule has 1 saturated heterocycles. The van der Waals surface area contributed by atoms with E-state index in [1.54, 1.807) is 0 Å². The molecule has 1 amide bonds. The Kier molecular flexibility index (Phi) is 3.00. The first-order valence-corrected chi connectivity index (χ1v) is 5.50. The van der Waals surface area contributed by atoms with Gasteiger partial charge in [-0.05, 0) is 19.3 Å². The fourth-order valence-electron chi connectivity index (χ4n) is 2.27. The van der Waals surface area contributed by atoms with Gasteiger partial charge in [0.2, 0.25) is 0 Å². The van der Waals surface area contributed by atoms with Crippen molar-refractivity contribution in [1.82, 2.24) is 4.90 Å². The number of alkyl halides is 3. The van der Waals surface area contributed by atoms with Crippen molar-refractivity contribution in [2.24, 2.45) is 0 Å². The molecule has 18 heavy (non-hydrogen) atoms. The summed E-state index contributed by atoms with van der Waals surface area (Å²) in [5.41, 5.74) is -0.771. The van der Waals surface area contributed by atoms with Crippen molar-refractivity contribution in [2.45, 2.75) is 37.1 Å². The van der Waals surface area contributed by atoms with E-state index in [9.17, 15) is 22.8 Å². The van der Waals surface area contributed by atoms with Gasteiger partial charge in [-0.25, -0.2) is 4.79 Å². The molecule has 1 aliphatic carbocycles. The van der Waals surface area contributed by atoms with Crippen LogP contribution in [0.2, 0.25) is 0 Å². The zero-order chi connectivity index (χ0) is 13.6. The van der Waals surface area contributed by atoms with Crippen molar-refractivity contribution < 1.29 is 32.6 Å². The van der Waals surface area contributed by atoms with Crippen LogP contribution in [0.15, 0.2) is 0 Å². The Morgan fingerprint density at radius 3 is 2.33 bits per heavy atom. The van der Waals surface area contributed by atoms with Crippen LogP contribution < -0.4 is 0 Å². The minimum Gasteiger partial charge on any atom is -0.480 e. The van der Waals surface area contributed by atoms with Crippen LogP contribution in [0.25, 0.3) is 0 Å². The van der Waals surface area contributed by atoms with Gasteiger partial charge in [-0.15, -0.1) is 0 Å². The van der Waals surface area contributed by atoms with Gasteiger partial charge in [0.05, 0.1) is 18.8 Å². The molecule has 102 valence electrons. The lowest BCUT2D eigenvalue weighted by molar-refractivity contribution is -0.216. The predicted octanol–water partition coefficient (Wildman–Crippen LogP) is 0.783. The maximum atomic E-state index is 12.4. The molecule has 1 N–H and O–H groups in total. The molecule has 0 aromatic heterocycles. The standard InChI is InChI=1S/C10H12F3NO4/c11-10(12,13)8(17)14-5-9(2-1-3-9)18-4-6(14)7(15)16/h6H,1-5H2,(H,15,16). The quantitative estimate of drug-likeness (QED) is 0.762. The number of carbonyl (C=O) groups is 2. The highest BCUT2D eigenvalue weighted by Gasteiger charge is 2.53. The molecule has 1 atom stereocenters. The molecular formula is C10H12F3NO4. The van der Waals surface area contributed by atoms with Crippen molar-refractivity contribution in [3.05, 3.63) is 0 Å². The van der Waals surface area contributed by atoms with Gasteiger partial charge in [0.1, 0.15) is 0 Å². The Morgan fingerprint density at radius 1 is 1.33 bits per heavy atom. The summed E-state index contributed by atoms with van der Waals surface area (Å²) in [5.74, 6) is -3.59. The third-order valence-corrected chi connectivity index (χ3v) is 3.44. The van der Waals surface area contributed by atoms with Crippen molar-refractivity contribution in [3.8, 4) is 0 Å². The molecule has 5 nitrogen and oxygen atoms in total. The van der Waals surface area contributed by atoms with Crippen molar-refractivity contribution >= 4 is 11.9 Å². The third-order valence-electron chi connectivity index (χ3n) is 3.44. The second-order valence-corrected chi connectivity index (χ2v) is 4.63. The lowest BCUT2D eigenvalue weighted by Crippen LogP contribution is -2.64. The van der Waals surface area contributed by atoms with E-state index in [1.807, 2.05) is 0 Å². The highest BCUT2D eigenvalue weighted by Crippen LogP contribution is 2.40. The average Bonchev–Trinajstić information content (AvgIpc) is 2.23. The number of halogens is 3. The van der Waals surface area contributed by atoms with Gasteiger partial charge >= 0.3 is 18.1 Å². The summed E-state index contributed by atoms with van der Waals surface area (Å²) in [6, 6.07) is -1.56. The first-order valence-electron chi connectivity index (χ1n) is 5.50. The lowest BCUT2D eigenvalue weighted by atomic mass is 9.78. The molecular weight excluding hydrogens is 255 g/mol. The maximum absolute atomic E-state index is 12.4. The number of aliphatic carboxylic acids is 1. The number of carbonyl (C=O) groups excluding carboxylic acids is 1. The molecule has 1 aliphatic heterocycles. The highest BCUT2D eigenvalue weighted by atomic mass is 19.4. The minimum atomic E-state index is -5.06. The van der Waals surface area contributed by atoms with Crippen LogP contribution >= 0.6 is 0 Å². The Morgan fingerprint density at radius 2 is 1.94 bits per heavy atom. The van der Waals surface area contributed by atoms with Crippen molar-refractivity contribution in [2.75, 3.05) is 13.2 Å². The number of hydrogen-bond donors (Lipinski definition) is 1. The summed E-state index contributed by atoms with van der Waals surface area (Å²) in [6.45, 7) is -0.695. The van der Waals surface area contributed by atoms with Gasteiger partial charge in [-0.1, -0.05) is 0 Å². The molecule has 2 rings (SSSR count). The molecule has 1 heterocycles. The average molecular weight is 267 g/mol. The van der Waals surface area contributed by atoms with Gasteiger partial charge in [0.15, 0.2) is 6.04 Å². The zero-order valence-electron chi connectivity index (χ0n) is 9.37. The number of carboxylic acid groups (broad SMARTS) is 1. The molecule has 8 heteroatoms. The number of morpholine rings is 1. The topological polar surface area (TPSA) is 66.8 Å². The zero-order valence-corrected chi connectivity index (χ0v) is 9.37. The van der Waals surface area contributed by atoms with E-state index in [-0.39, 0.29) is 6.54 Å². The second-order valence-electron chi connectivity index (χ2n) is 4.63. The number of amides is 1. The number of ether oxygens (including phenoxy) is 1. The number of nitrogens with zero attached hydrogens (tertiary/aromatic N) is 1. The Hall–Kier alpha value is -1.31. The second kappa shape index (κ2) is 4.11. The molecule has 2 aliphatic rings. The Balaban J connectivity index is 2.20. The first-order chi connectivity index (χ1) is 8.25. The number of carboxylic acids is 1. The smallest absolute Gasteiger partial charge is 0.471 e. The van der Waals surface area contributed by atoms with Gasteiger partial charge in [0, 0.05) is 0 Å². The summed E-state index contributed by atoms with van der Waals surface area (Å²) in [6.07, 6.45) is -3.14. The van der Waals surface area contributed by atoms with Gasteiger partial charge in [-0.2, -0.15) is 13.2 Å². The van der Waals surface area contributed by atoms with Crippen LogP contribution in [0.4, 0.5) is 13.2 Å². The maximum Gasteiger partial charge on any atom is 0.471 e. The molecule has 0 aromatic rings. The van der Waals surface area contributed by atoms with Crippen LogP contribution in [0, 0.1) is 0 Å². The molecule has 2 fully saturated rings. The predicted molar refractivity (Wildman–Crippen MR) is 51.7 cm³/mol. The Bertz CT molecular complexity index is 378. The van der Waals surface area contributed by atoms with E-state index < -0.39 is 36.3 Å². The van der Waals surface area contributed by atoms with E-state index in [4.69, 9.17) is 9.84 Å². The summed E-state index contributed by atoms with van der Waals surface area (Å²) < 4.78 is 42.6. The van der Waals surface area contributed by atoms with Gasteiger partial charge in [-0.3, -0.25) is 4.79 Å². The molecule has 0 bridgehead atoms. The fourth-order valence-corrected chi connectivity index (χ4v) is 2.27. The summed E-state index contributed by atoms with van der Waals surface area (Å²) in [5, 5.41) is 8.84. The monoisotopic (exact) mass is 267 g/mol. The van der Waals surface area contributed by atoms with E-state index in [0.717, 1.165) is 6.42 Å². The van der Waals surface area contributed by atoms with Crippen molar-refractivity contribution in [3.63, 3.8) is 0 Å². The SMILES string of the molecule is O=C(O)C1COC2(CCC2)CN1C(=O)C(F)(F)F. The highest BCUT2D eigenvalue weighted by molar-refractivity contribution is 5.87. The lowest BCUT2D eigenvalue weighted by Gasteiger charge is -2.50. The Labute approximate surface area is 100 Å². The summed E-state index contributed by atoms with van der Waals surface area (Å²) in [7, 11) is 0. The van der Waals surface area contributed by atoms with Gasteiger partial charge < -0.3 is 14.7 Å². The van der Waals surface area contributed by atoms with Crippen LogP contribution in [0.1, 0.15) is 19.3 Å². The van der Waals surface area contributed by atoms with Crippen molar-refractivity contribution in [1.29, 1.82) is 0 Å². The van der Waals surface area contributed by atoms with Crippen LogP contribution in [-0.4, -0.2) is 52.9 Å². The van der Waals surface area contributed by atoms with Crippen LogP contribution in [0.5, 0.6) is 0 Å². The first kappa shape index (κ1) is 13.1. The van der Waals surface area contributed by atoms with Gasteiger partial charge in [0.25, 0.3) is 0 Å². The molecule has 1 unspecified atom stereocenters. The van der Waals surface area contributed by atoms with E-state index in [2.05, 4.69) is 0 Å². The van der Waals surface area contributed by atoms with Crippen LogP contribution in [-0.2, 0) is 14.3 Å². The van der Waals surface area contributed by atoms with E-state index in [0.29, 0.717) is 17.7 Å². The minimum absolute atomic E-state index is 0.303. The van der Waals surface area contributed by atoms with E-state index >= 15 is 0 Å². The molecule has 0 aromatic carbocycles. The summed E-state index contributed by atoms with van der Waals surface area (Å²) >= 11 is 0. The summed E-state index contributed by atoms with van der Waals surface area (Å²) in [4.78, 5) is 22.5. The molecule has 1 spiro atoms. The molecule has 0 radical (unpaired) electrons. The number of hydrogen-bond acceptors (Lipinski definition) is 3. The third kappa shape index (κ3) is 2.16. The largest absolute Gasteiger partial charge is 0.480 e. The number of rotatable bonds is 1. The molecule has 1 saturated carbocycles. The van der Waals surface area contributed by atoms with E-state index in [1.165, 1.54) is 0 Å². The normalized spacial score (nSPS) is 26.8. The van der Waals surface area contributed by atoms with Crippen LogP contribution in [0.3, 0.4) is 0 Å².